The van der Waals surface area contributed by atoms with Crippen LogP contribution in [0.4, 0.5) is 0 Å². The molecule has 0 amide bonds. The number of fused-ring (bicyclic) bond motifs is 1. The van der Waals surface area contributed by atoms with Gasteiger partial charge < -0.3 is 0 Å². The van der Waals surface area contributed by atoms with Crippen molar-refractivity contribution in [1.29, 1.82) is 0 Å². The van der Waals surface area contributed by atoms with Crippen molar-refractivity contribution >= 4 is 22.9 Å². The lowest BCUT2D eigenvalue weighted by Crippen LogP contribution is -2.03. The molecule has 3 rings (SSSR count). The van der Waals surface area contributed by atoms with E-state index in [1.807, 2.05) is 30.1 Å². The number of pyridine rings is 1. The van der Waals surface area contributed by atoms with E-state index in [9.17, 15) is 0 Å². The standard InChI is InChI=1S/C19H23N3S/c1-5-6-10-23-19-21-16-8-7-9-20-18(16)22(19)17-14(3)11-13(2)12-15(17)4/h7-9,11-12H,5-6,10H2,1-4H3. The Morgan fingerprint density at radius 2 is 1.87 bits per heavy atom. The molecule has 0 spiro atoms. The number of imidazole rings is 1. The molecule has 0 saturated carbocycles. The third-order valence-electron chi connectivity index (χ3n) is 3.97. The molecule has 120 valence electrons. The molecule has 4 heteroatoms. The molecule has 0 saturated heterocycles. The summed E-state index contributed by atoms with van der Waals surface area (Å²) in [6, 6.07) is 8.46. The van der Waals surface area contributed by atoms with E-state index in [-0.39, 0.29) is 0 Å². The summed E-state index contributed by atoms with van der Waals surface area (Å²) in [5.74, 6) is 1.09. The molecule has 23 heavy (non-hydrogen) atoms. The Hall–Kier alpha value is -1.81. The highest BCUT2D eigenvalue weighted by molar-refractivity contribution is 7.99. The fourth-order valence-corrected chi connectivity index (χ4v) is 4.11. The normalized spacial score (nSPS) is 11.3. The highest BCUT2D eigenvalue weighted by Crippen LogP contribution is 2.31. The molecule has 2 aromatic heterocycles. The Bertz CT molecular complexity index is 813. The Balaban J connectivity index is 2.20. The molecule has 0 N–H and O–H groups in total. The van der Waals surface area contributed by atoms with Crippen LogP contribution < -0.4 is 0 Å². The Morgan fingerprint density at radius 3 is 2.57 bits per heavy atom. The van der Waals surface area contributed by atoms with Gasteiger partial charge in [0.05, 0.1) is 5.69 Å². The minimum Gasteiger partial charge on any atom is -0.271 e. The summed E-state index contributed by atoms with van der Waals surface area (Å²) in [6.45, 7) is 8.71. The molecule has 0 aliphatic rings. The topological polar surface area (TPSA) is 30.7 Å². The Labute approximate surface area is 142 Å². The number of benzene rings is 1. The summed E-state index contributed by atoms with van der Waals surface area (Å²) < 4.78 is 2.24. The molecular formula is C19H23N3S. The molecule has 0 unspecified atom stereocenters. The zero-order chi connectivity index (χ0) is 16.4. The van der Waals surface area contributed by atoms with Gasteiger partial charge in [-0.05, 0) is 50.5 Å². The maximum atomic E-state index is 4.83. The van der Waals surface area contributed by atoms with Crippen LogP contribution in [0.25, 0.3) is 16.9 Å². The number of hydrogen-bond acceptors (Lipinski definition) is 3. The van der Waals surface area contributed by atoms with E-state index in [2.05, 4.69) is 49.4 Å². The van der Waals surface area contributed by atoms with Crippen LogP contribution in [0.2, 0.25) is 0 Å². The van der Waals surface area contributed by atoms with Crippen LogP contribution in [0.5, 0.6) is 0 Å². The first kappa shape index (κ1) is 16.1. The van der Waals surface area contributed by atoms with Crippen molar-refractivity contribution in [2.75, 3.05) is 5.75 Å². The summed E-state index contributed by atoms with van der Waals surface area (Å²) in [6.07, 6.45) is 4.25. The van der Waals surface area contributed by atoms with E-state index in [0.717, 1.165) is 22.1 Å². The summed E-state index contributed by atoms with van der Waals surface area (Å²) >= 11 is 1.83. The lowest BCUT2D eigenvalue weighted by atomic mass is 10.1. The molecule has 0 fully saturated rings. The minimum absolute atomic E-state index is 0.946. The fourth-order valence-electron chi connectivity index (χ4n) is 3.02. The van der Waals surface area contributed by atoms with Crippen molar-refractivity contribution in [3.8, 4) is 5.69 Å². The molecule has 3 aromatic rings. The molecule has 0 radical (unpaired) electrons. The van der Waals surface area contributed by atoms with Crippen molar-refractivity contribution in [3.05, 3.63) is 47.2 Å². The van der Waals surface area contributed by atoms with E-state index in [1.54, 1.807) is 0 Å². The Kier molecular flexibility index (Phi) is 4.71. The fraction of sp³-hybridized carbons (Fsp3) is 0.368. The zero-order valence-electron chi connectivity index (χ0n) is 14.3. The van der Waals surface area contributed by atoms with E-state index < -0.39 is 0 Å². The highest BCUT2D eigenvalue weighted by atomic mass is 32.2. The minimum atomic E-state index is 0.946. The lowest BCUT2D eigenvalue weighted by molar-refractivity contribution is 0.871. The van der Waals surface area contributed by atoms with Crippen LogP contribution in [0.1, 0.15) is 36.5 Å². The third-order valence-corrected chi connectivity index (χ3v) is 5.00. The van der Waals surface area contributed by atoms with Gasteiger partial charge in [0.15, 0.2) is 10.8 Å². The average molecular weight is 325 g/mol. The van der Waals surface area contributed by atoms with Crippen LogP contribution in [-0.2, 0) is 0 Å². The number of hydrogen-bond donors (Lipinski definition) is 0. The second-order valence-electron chi connectivity index (χ2n) is 6.03. The molecule has 0 aliphatic carbocycles. The monoisotopic (exact) mass is 325 g/mol. The van der Waals surface area contributed by atoms with Gasteiger partial charge in [0.2, 0.25) is 0 Å². The van der Waals surface area contributed by atoms with Gasteiger partial charge in [-0.2, -0.15) is 0 Å². The number of rotatable bonds is 5. The van der Waals surface area contributed by atoms with Gasteiger partial charge in [-0.1, -0.05) is 42.8 Å². The maximum Gasteiger partial charge on any atom is 0.174 e. The van der Waals surface area contributed by atoms with E-state index in [4.69, 9.17) is 4.98 Å². The zero-order valence-corrected chi connectivity index (χ0v) is 15.1. The number of aromatic nitrogens is 3. The molecule has 2 heterocycles. The summed E-state index contributed by atoms with van der Waals surface area (Å²) in [4.78, 5) is 9.43. The quantitative estimate of drug-likeness (QED) is 0.475. The summed E-state index contributed by atoms with van der Waals surface area (Å²) in [5.41, 5.74) is 6.96. The van der Waals surface area contributed by atoms with Crippen LogP contribution in [-0.4, -0.2) is 20.3 Å². The Morgan fingerprint density at radius 1 is 1.13 bits per heavy atom. The van der Waals surface area contributed by atoms with Gasteiger partial charge in [0.1, 0.15) is 5.52 Å². The predicted octanol–water partition coefficient (Wildman–Crippen LogP) is 5.24. The first-order valence-electron chi connectivity index (χ1n) is 8.16. The van der Waals surface area contributed by atoms with Gasteiger partial charge in [-0.15, -0.1) is 0 Å². The van der Waals surface area contributed by atoms with E-state index in [0.29, 0.717) is 0 Å². The summed E-state index contributed by atoms with van der Waals surface area (Å²) in [5, 5.41) is 1.04. The van der Waals surface area contributed by atoms with E-state index in [1.165, 1.54) is 35.2 Å². The predicted molar refractivity (Wildman–Crippen MR) is 98.7 cm³/mol. The molecule has 0 bridgehead atoms. The first-order valence-corrected chi connectivity index (χ1v) is 9.15. The van der Waals surface area contributed by atoms with Gasteiger partial charge in [-0.3, -0.25) is 4.57 Å². The first-order chi connectivity index (χ1) is 11.1. The molecule has 3 nitrogen and oxygen atoms in total. The number of unbranched alkanes of at least 4 members (excludes halogenated alkanes) is 1. The van der Waals surface area contributed by atoms with Crippen molar-refractivity contribution in [1.82, 2.24) is 14.5 Å². The van der Waals surface area contributed by atoms with Gasteiger partial charge in [0.25, 0.3) is 0 Å². The van der Waals surface area contributed by atoms with Gasteiger partial charge in [0, 0.05) is 11.9 Å². The number of nitrogens with zero attached hydrogens (tertiary/aromatic N) is 3. The van der Waals surface area contributed by atoms with E-state index >= 15 is 0 Å². The summed E-state index contributed by atoms with van der Waals surface area (Å²) in [7, 11) is 0. The SMILES string of the molecule is CCCCSc1nc2cccnc2n1-c1c(C)cc(C)cc1C. The maximum absolute atomic E-state index is 4.83. The second-order valence-corrected chi connectivity index (χ2v) is 7.09. The molecule has 0 aliphatic heterocycles. The van der Waals surface area contributed by atoms with Gasteiger partial charge in [-0.25, -0.2) is 9.97 Å². The van der Waals surface area contributed by atoms with Crippen molar-refractivity contribution in [2.45, 2.75) is 45.7 Å². The average Bonchev–Trinajstić information content (AvgIpc) is 2.85. The van der Waals surface area contributed by atoms with Crippen LogP contribution in [0.15, 0.2) is 35.6 Å². The molecular weight excluding hydrogens is 302 g/mol. The van der Waals surface area contributed by atoms with Crippen molar-refractivity contribution in [3.63, 3.8) is 0 Å². The van der Waals surface area contributed by atoms with Crippen LogP contribution in [0.3, 0.4) is 0 Å². The lowest BCUT2D eigenvalue weighted by Gasteiger charge is -2.15. The number of aryl methyl sites for hydroxylation is 3. The van der Waals surface area contributed by atoms with Crippen LogP contribution in [0, 0.1) is 20.8 Å². The second kappa shape index (κ2) is 6.75. The molecule has 1 aromatic carbocycles. The smallest absolute Gasteiger partial charge is 0.174 e. The van der Waals surface area contributed by atoms with Gasteiger partial charge >= 0.3 is 0 Å². The molecule has 0 atom stereocenters. The number of thioether (sulfide) groups is 1. The van der Waals surface area contributed by atoms with Crippen molar-refractivity contribution in [2.24, 2.45) is 0 Å². The van der Waals surface area contributed by atoms with Crippen molar-refractivity contribution < 1.29 is 0 Å². The largest absolute Gasteiger partial charge is 0.271 e. The highest BCUT2D eigenvalue weighted by Gasteiger charge is 2.17. The van der Waals surface area contributed by atoms with Crippen LogP contribution >= 0.6 is 11.8 Å². The third kappa shape index (κ3) is 3.13.